The number of hydrogen-bond donors (Lipinski definition) is 2. The second kappa shape index (κ2) is 12.0. The van der Waals surface area contributed by atoms with Gasteiger partial charge in [-0.3, -0.25) is 14.9 Å². The topological polar surface area (TPSA) is 102 Å². The van der Waals surface area contributed by atoms with Crippen molar-refractivity contribution < 1.29 is 24.2 Å². The van der Waals surface area contributed by atoms with Gasteiger partial charge in [-0.15, -0.1) is 0 Å². The van der Waals surface area contributed by atoms with E-state index in [0.29, 0.717) is 24.5 Å². The van der Waals surface area contributed by atoms with E-state index >= 15 is 0 Å². The fraction of sp³-hybridized carbons (Fsp3) is 0.241. The van der Waals surface area contributed by atoms with E-state index < -0.39 is 0 Å². The predicted octanol–water partition coefficient (Wildman–Crippen LogP) is 3.99. The van der Waals surface area contributed by atoms with Crippen LogP contribution in [0.4, 0.5) is 5.69 Å². The number of aromatic hydroxyl groups is 1. The van der Waals surface area contributed by atoms with E-state index in [2.05, 4.69) is 10.6 Å². The molecule has 8 heteroatoms. The van der Waals surface area contributed by atoms with E-state index in [1.807, 2.05) is 54.7 Å². The Hall–Kier alpha value is -4.46. The van der Waals surface area contributed by atoms with E-state index in [-0.39, 0.29) is 36.8 Å². The molecule has 3 aromatic carbocycles. The van der Waals surface area contributed by atoms with Crippen molar-refractivity contribution in [1.82, 2.24) is 15.5 Å². The second-order valence-corrected chi connectivity index (χ2v) is 8.76. The van der Waals surface area contributed by atoms with E-state index in [1.165, 1.54) is 19.1 Å². The van der Waals surface area contributed by atoms with Gasteiger partial charge in [-0.25, -0.2) is 0 Å². The Balaban J connectivity index is 1.49. The number of carbonyl (C=O) groups excluding carboxylic acids is 2. The Bertz CT molecular complexity index is 1270. The van der Waals surface area contributed by atoms with Gasteiger partial charge in [-0.05, 0) is 48.4 Å². The second-order valence-electron chi connectivity index (χ2n) is 8.76. The summed E-state index contributed by atoms with van der Waals surface area (Å²) < 4.78 is 11.0. The molecule has 0 aliphatic carbocycles. The molecule has 0 aromatic heterocycles. The summed E-state index contributed by atoms with van der Waals surface area (Å²) in [5.41, 5.74) is 3.76. The Labute approximate surface area is 216 Å². The highest BCUT2D eigenvalue weighted by Gasteiger charge is 2.24. The number of nitrogens with one attached hydrogen (secondary N) is 1. The van der Waals surface area contributed by atoms with Gasteiger partial charge in [0.15, 0.2) is 6.61 Å². The van der Waals surface area contributed by atoms with E-state index in [9.17, 15) is 14.7 Å². The minimum atomic E-state index is -0.387. The molecule has 0 saturated carbocycles. The standard InChI is InChI=1S/C29H30N3O5/c1-20(33)32(17-21-7-3-6-10-28(21)36-2)18-23(15-22-16-30-27-9-5-4-8-26(22)27)31-29(35)19-37-25-13-11-24(34)12-14-25/h3-14,16,23,34H,15,17-19H2,1-2H3,(H,31,35). The van der Waals surface area contributed by atoms with Gasteiger partial charge >= 0.3 is 0 Å². The van der Waals surface area contributed by atoms with Gasteiger partial charge in [0.25, 0.3) is 5.91 Å². The quantitative estimate of drug-likeness (QED) is 0.415. The fourth-order valence-electron chi connectivity index (χ4n) is 4.23. The first kappa shape index (κ1) is 25.6. The molecule has 1 aliphatic heterocycles. The zero-order chi connectivity index (χ0) is 26.2. The molecule has 1 atom stereocenters. The number of rotatable bonds is 11. The first-order chi connectivity index (χ1) is 17.9. The molecule has 2 N–H and O–H groups in total. The normalized spacial score (nSPS) is 12.5. The van der Waals surface area contributed by atoms with Crippen LogP contribution < -0.4 is 20.1 Å². The minimum Gasteiger partial charge on any atom is -0.508 e. The maximum Gasteiger partial charge on any atom is 0.258 e. The molecule has 8 nitrogen and oxygen atoms in total. The van der Waals surface area contributed by atoms with Crippen molar-refractivity contribution in [2.24, 2.45) is 0 Å². The largest absolute Gasteiger partial charge is 0.508 e. The molecule has 1 heterocycles. The number of nitrogens with zero attached hydrogens (tertiary/aromatic N) is 2. The van der Waals surface area contributed by atoms with Gasteiger partial charge in [0.05, 0.1) is 18.8 Å². The van der Waals surface area contributed by atoms with Gasteiger partial charge in [-0.2, -0.15) is 0 Å². The molecule has 1 unspecified atom stereocenters. The molecule has 1 radical (unpaired) electrons. The van der Waals surface area contributed by atoms with Gasteiger partial charge in [0.2, 0.25) is 5.91 Å². The number of hydrogen-bond acceptors (Lipinski definition) is 5. The van der Waals surface area contributed by atoms with Crippen LogP contribution in [0.15, 0.2) is 79.0 Å². The van der Waals surface area contributed by atoms with Crippen molar-refractivity contribution >= 4 is 23.1 Å². The third-order valence-electron chi connectivity index (χ3n) is 6.09. The van der Waals surface area contributed by atoms with Crippen molar-refractivity contribution in [2.75, 3.05) is 20.3 Å². The molecule has 0 bridgehead atoms. The third-order valence-corrected chi connectivity index (χ3v) is 6.09. The highest BCUT2D eigenvalue weighted by atomic mass is 16.5. The number of benzene rings is 3. The van der Waals surface area contributed by atoms with Crippen LogP contribution in [0.25, 0.3) is 5.57 Å². The summed E-state index contributed by atoms with van der Waals surface area (Å²) in [6, 6.07) is 21.2. The van der Waals surface area contributed by atoms with Crippen LogP contribution in [-0.2, 0) is 16.1 Å². The average Bonchev–Trinajstić information content (AvgIpc) is 3.31. The molecule has 191 valence electrons. The lowest BCUT2D eigenvalue weighted by atomic mass is 9.99. The summed E-state index contributed by atoms with van der Waals surface area (Å²) in [5.74, 6) is 0.852. The lowest BCUT2D eigenvalue weighted by Gasteiger charge is -2.28. The van der Waals surface area contributed by atoms with E-state index in [4.69, 9.17) is 9.47 Å². The Morgan fingerprint density at radius 2 is 1.76 bits per heavy atom. The van der Waals surface area contributed by atoms with Gasteiger partial charge in [0, 0.05) is 37.3 Å². The smallest absolute Gasteiger partial charge is 0.258 e. The zero-order valence-electron chi connectivity index (χ0n) is 20.9. The summed E-state index contributed by atoms with van der Waals surface area (Å²) in [6.45, 7) is 1.95. The van der Waals surface area contributed by atoms with Crippen molar-refractivity contribution in [2.45, 2.75) is 25.9 Å². The van der Waals surface area contributed by atoms with Crippen LogP contribution in [0, 0.1) is 0 Å². The predicted molar refractivity (Wildman–Crippen MR) is 140 cm³/mol. The van der Waals surface area contributed by atoms with E-state index in [0.717, 1.165) is 22.4 Å². The van der Waals surface area contributed by atoms with Crippen LogP contribution in [0.5, 0.6) is 17.2 Å². The van der Waals surface area contributed by atoms with Crippen molar-refractivity contribution in [3.05, 3.63) is 90.1 Å². The summed E-state index contributed by atoms with van der Waals surface area (Å²) in [6.07, 6.45) is 2.30. The van der Waals surface area contributed by atoms with Crippen molar-refractivity contribution in [1.29, 1.82) is 0 Å². The molecule has 0 fully saturated rings. The molecule has 4 rings (SSSR count). The number of methoxy groups -OCH3 is 1. The molecule has 1 aliphatic rings. The first-order valence-electron chi connectivity index (χ1n) is 12.0. The molecule has 2 amide bonds. The first-order valence-corrected chi connectivity index (χ1v) is 12.0. The number of ether oxygens (including phenoxy) is 2. The van der Waals surface area contributed by atoms with Crippen LogP contribution in [-0.4, -0.2) is 48.1 Å². The SMILES string of the molecule is COc1ccccc1CN(CC(CC1=C[N]c2ccccc21)NC(=O)COc1ccc(O)cc1)C(C)=O. The van der Waals surface area contributed by atoms with Crippen LogP contribution >= 0.6 is 0 Å². The number of amides is 2. The highest BCUT2D eigenvalue weighted by Crippen LogP contribution is 2.33. The molecule has 3 aromatic rings. The third kappa shape index (κ3) is 6.82. The summed E-state index contributed by atoms with van der Waals surface area (Å²) in [4.78, 5) is 27.2. The van der Waals surface area contributed by atoms with E-state index in [1.54, 1.807) is 24.1 Å². The minimum absolute atomic E-state index is 0.115. The monoisotopic (exact) mass is 500 g/mol. The lowest BCUT2D eigenvalue weighted by Crippen LogP contribution is -2.46. The number of carbonyl (C=O) groups is 2. The van der Waals surface area contributed by atoms with Gasteiger partial charge < -0.3 is 24.8 Å². The highest BCUT2D eigenvalue weighted by molar-refractivity contribution is 5.81. The van der Waals surface area contributed by atoms with Crippen LogP contribution in [0.3, 0.4) is 0 Å². The molecule has 37 heavy (non-hydrogen) atoms. The maximum absolute atomic E-state index is 12.9. The van der Waals surface area contributed by atoms with Crippen molar-refractivity contribution in [3.8, 4) is 17.2 Å². The zero-order valence-corrected chi connectivity index (χ0v) is 20.9. The summed E-state index contributed by atoms with van der Waals surface area (Å²) in [5, 5.41) is 17.0. The molecular formula is C29H30N3O5. The van der Waals surface area contributed by atoms with Gasteiger partial charge in [-0.1, -0.05) is 36.4 Å². The molecule has 0 saturated heterocycles. The van der Waals surface area contributed by atoms with Gasteiger partial charge in [0.1, 0.15) is 17.2 Å². The Morgan fingerprint density at radius 1 is 1.03 bits per heavy atom. The number of fused-ring (bicyclic) bond motifs is 1. The molecular weight excluding hydrogens is 470 g/mol. The number of phenolic OH excluding ortho intramolecular Hbond substituents is 1. The van der Waals surface area contributed by atoms with Crippen LogP contribution in [0.2, 0.25) is 0 Å². The molecule has 0 spiro atoms. The number of para-hydroxylation sites is 2. The number of phenols is 1. The van der Waals surface area contributed by atoms with Crippen molar-refractivity contribution in [3.63, 3.8) is 0 Å². The Kier molecular flexibility index (Phi) is 8.30. The fourth-order valence-corrected chi connectivity index (χ4v) is 4.23. The lowest BCUT2D eigenvalue weighted by molar-refractivity contribution is -0.131. The van der Waals surface area contributed by atoms with Crippen LogP contribution in [0.1, 0.15) is 24.5 Å². The maximum atomic E-state index is 12.9. The summed E-state index contributed by atoms with van der Waals surface area (Å²) in [7, 11) is 1.60. The average molecular weight is 501 g/mol. The summed E-state index contributed by atoms with van der Waals surface area (Å²) >= 11 is 0. The Morgan fingerprint density at radius 3 is 2.51 bits per heavy atom.